The first-order chi connectivity index (χ1) is 14.8. The molecule has 1 amide bonds. The molecule has 31 heavy (non-hydrogen) atoms. The maximum Gasteiger partial charge on any atom is 0.335 e. The van der Waals surface area contributed by atoms with Gasteiger partial charge in [-0.15, -0.1) is 0 Å². The van der Waals surface area contributed by atoms with E-state index in [1.165, 1.54) is 17.3 Å². The molecule has 0 bridgehead atoms. The summed E-state index contributed by atoms with van der Waals surface area (Å²) in [5, 5.41) is 12.6. The van der Waals surface area contributed by atoms with Gasteiger partial charge in [0.1, 0.15) is 5.00 Å². The van der Waals surface area contributed by atoms with Crippen LogP contribution in [0.3, 0.4) is 0 Å². The molecule has 3 rings (SSSR count). The second-order valence-corrected chi connectivity index (χ2v) is 8.55. The maximum atomic E-state index is 12.3. The van der Waals surface area contributed by atoms with E-state index in [1.807, 2.05) is 18.2 Å². The van der Waals surface area contributed by atoms with Gasteiger partial charge < -0.3 is 10.4 Å². The number of carbonyl (C=O) groups excluding carboxylic acids is 1. The Morgan fingerprint density at radius 2 is 1.90 bits per heavy atom. The second-order valence-electron chi connectivity index (χ2n) is 6.75. The monoisotopic (exact) mass is 459 g/mol. The highest BCUT2D eigenvalue weighted by molar-refractivity contribution is 7.81. The average Bonchev–Trinajstić information content (AvgIpc) is 3.06. The lowest BCUT2D eigenvalue weighted by Crippen LogP contribution is -2.20. The summed E-state index contributed by atoms with van der Waals surface area (Å²) in [4.78, 5) is 26.8. The van der Waals surface area contributed by atoms with E-state index in [0.29, 0.717) is 34.4 Å². The van der Waals surface area contributed by atoms with Gasteiger partial charge in [-0.2, -0.15) is 0 Å². The van der Waals surface area contributed by atoms with Crippen molar-refractivity contribution in [3.63, 3.8) is 0 Å². The van der Waals surface area contributed by atoms with Gasteiger partial charge in [0.15, 0.2) is 5.13 Å². The lowest BCUT2D eigenvalue weighted by molar-refractivity contribution is -0.114. The Kier molecular flexibility index (Phi) is 7.16. The fourth-order valence-corrected chi connectivity index (χ4v) is 4.96. The quantitative estimate of drug-likeness (QED) is 0.435. The zero-order valence-corrected chi connectivity index (χ0v) is 18.5. The molecule has 0 aliphatic carbocycles. The molecule has 3 N–H and O–H groups in total. The summed E-state index contributed by atoms with van der Waals surface area (Å²) in [7, 11) is 0. The van der Waals surface area contributed by atoms with E-state index < -0.39 is 17.2 Å². The largest absolute Gasteiger partial charge is 0.478 e. The molecule has 0 aliphatic rings. The van der Waals surface area contributed by atoms with Gasteiger partial charge in [0.05, 0.1) is 16.9 Å². The van der Waals surface area contributed by atoms with Crippen LogP contribution < -0.4 is 9.62 Å². The number of aromatic nitrogens is 1. The van der Waals surface area contributed by atoms with Crippen molar-refractivity contribution in [2.75, 3.05) is 9.62 Å². The highest BCUT2D eigenvalue weighted by Gasteiger charge is 2.24. The normalized spacial score (nSPS) is 11.7. The number of rotatable bonds is 8. The minimum atomic E-state index is -2.37. The first-order valence-electron chi connectivity index (χ1n) is 9.32. The fraction of sp³-hybridized carbons (Fsp3) is 0.190. The van der Waals surface area contributed by atoms with Crippen LogP contribution in [0.4, 0.5) is 15.8 Å². The number of carboxylic acids is 1. The number of para-hydroxylation sites is 1. The minimum Gasteiger partial charge on any atom is -0.478 e. The number of hydrogen-bond acceptors (Lipinski definition) is 5. The van der Waals surface area contributed by atoms with Crippen LogP contribution in [0.2, 0.25) is 0 Å². The molecule has 0 saturated carbocycles. The van der Waals surface area contributed by atoms with Gasteiger partial charge in [0.2, 0.25) is 5.91 Å². The molecule has 0 fully saturated rings. The average molecular weight is 460 g/mol. The molecule has 1 atom stereocenters. The van der Waals surface area contributed by atoms with Gasteiger partial charge in [0.25, 0.3) is 11.3 Å². The number of nitrogens with zero attached hydrogens (tertiary/aromatic N) is 2. The number of thiazole rings is 1. The van der Waals surface area contributed by atoms with Crippen LogP contribution in [0.25, 0.3) is 0 Å². The Balaban J connectivity index is 1.92. The van der Waals surface area contributed by atoms with Crippen molar-refractivity contribution in [3.8, 4) is 0 Å². The number of carbonyl (C=O) groups is 2. The third kappa shape index (κ3) is 5.54. The number of benzene rings is 2. The number of carboxylic acid groups (broad SMARTS) is 1. The van der Waals surface area contributed by atoms with Crippen molar-refractivity contribution >= 4 is 50.3 Å². The van der Waals surface area contributed by atoms with E-state index in [0.717, 1.165) is 22.5 Å². The maximum absolute atomic E-state index is 12.3. The van der Waals surface area contributed by atoms with E-state index in [4.69, 9.17) is 0 Å². The summed E-state index contributed by atoms with van der Waals surface area (Å²) in [5.74, 6) is -1.26. The molecule has 1 heterocycles. The van der Waals surface area contributed by atoms with Gasteiger partial charge in [-0.25, -0.2) is 18.3 Å². The first-order valence-corrected chi connectivity index (χ1v) is 11.2. The summed E-state index contributed by atoms with van der Waals surface area (Å²) in [6.07, 6.45) is 1.09. The van der Waals surface area contributed by atoms with Crippen LogP contribution in [-0.4, -0.2) is 30.7 Å². The van der Waals surface area contributed by atoms with Crippen molar-refractivity contribution < 1.29 is 23.5 Å². The van der Waals surface area contributed by atoms with Crippen molar-refractivity contribution in [1.29, 1.82) is 0 Å². The molecule has 8 nitrogen and oxygen atoms in total. The molecule has 1 unspecified atom stereocenters. The third-order valence-corrected chi connectivity index (χ3v) is 6.33. The smallest absolute Gasteiger partial charge is 0.335 e. The first kappa shape index (κ1) is 22.6. The van der Waals surface area contributed by atoms with E-state index in [2.05, 4.69) is 10.3 Å². The number of aryl methyl sites for hydroxylation is 3. The molecular formula is C21H21N3O5S2. The Morgan fingerprint density at radius 3 is 2.58 bits per heavy atom. The molecule has 2 aromatic carbocycles. The predicted molar refractivity (Wildman–Crippen MR) is 121 cm³/mol. The summed E-state index contributed by atoms with van der Waals surface area (Å²) in [6.45, 7) is 3.07. The molecule has 0 radical (unpaired) electrons. The van der Waals surface area contributed by atoms with E-state index >= 15 is 0 Å². The Hall–Kier alpha value is -3.08. The van der Waals surface area contributed by atoms with Crippen LogP contribution >= 0.6 is 11.3 Å². The number of aromatic carboxylic acids is 1. The van der Waals surface area contributed by atoms with Gasteiger partial charge in [0, 0.05) is 6.92 Å². The van der Waals surface area contributed by atoms with Gasteiger partial charge in [-0.05, 0) is 49.1 Å². The van der Waals surface area contributed by atoms with Crippen LogP contribution in [0.5, 0.6) is 0 Å². The Bertz CT molecular complexity index is 1150. The lowest BCUT2D eigenvalue weighted by atomic mass is 10.0. The van der Waals surface area contributed by atoms with Crippen molar-refractivity contribution in [2.45, 2.75) is 26.7 Å². The highest BCUT2D eigenvalue weighted by Crippen LogP contribution is 2.38. The lowest BCUT2D eigenvalue weighted by Gasteiger charge is -2.21. The molecule has 0 aliphatic heterocycles. The standard InChI is InChI=1S/C21H21N3O5S2/c1-13-19(30-21(22-13)23-14(2)25)24(31(28)29)18-9-4-3-7-16(18)11-10-15-6-5-8-17(12-15)20(26)27/h3-9,12H,10-11H2,1-2H3,(H,26,27)(H,28,29)(H,22,23,25). The zero-order valence-electron chi connectivity index (χ0n) is 16.9. The minimum absolute atomic E-state index is 0.217. The van der Waals surface area contributed by atoms with E-state index in [-0.39, 0.29) is 11.5 Å². The number of amides is 1. The molecule has 162 valence electrons. The van der Waals surface area contributed by atoms with Crippen LogP contribution in [0.1, 0.15) is 34.1 Å². The van der Waals surface area contributed by atoms with Crippen molar-refractivity contribution in [1.82, 2.24) is 4.98 Å². The second kappa shape index (κ2) is 9.82. The Morgan fingerprint density at radius 1 is 1.16 bits per heavy atom. The number of nitrogens with one attached hydrogen (secondary N) is 1. The molecule has 3 aromatic rings. The number of anilines is 3. The van der Waals surface area contributed by atoms with E-state index in [1.54, 1.807) is 31.2 Å². The molecule has 0 spiro atoms. The Labute approximate surface area is 186 Å². The fourth-order valence-electron chi connectivity index (χ4n) is 3.10. The summed E-state index contributed by atoms with van der Waals surface area (Å²) < 4.78 is 23.6. The SMILES string of the molecule is CC(=O)Nc1nc(C)c(N(c2ccccc2CCc2cccc(C(=O)O)c2)S(=O)O)s1. The zero-order chi connectivity index (χ0) is 22.5. The predicted octanol–water partition coefficient (Wildman–Crippen LogP) is 4.17. The van der Waals surface area contributed by atoms with Gasteiger partial charge in [-0.3, -0.25) is 9.35 Å². The summed E-state index contributed by atoms with van der Waals surface area (Å²) in [6, 6.07) is 13.9. The topological polar surface area (TPSA) is 120 Å². The number of hydrogen-bond donors (Lipinski definition) is 3. The van der Waals surface area contributed by atoms with Crippen molar-refractivity contribution in [2.24, 2.45) is 0 Å². The summed E-state index contributed by atoms with van der Waals surface area (Å²) in [5.41, 5.74) is 2.95. The third-order valence-electron chi connectivity index (χ3n) is 4.46. The van der Waals surface area contributed by atoms with Crippen molar-refractivity contribution in [3.05, 3.63) is 70.9 Å². The molecular weight excluding hydrogens is 438 g/mol. The highest BCUT2D eigenvalue weighted by atomic mass is 32.2. The molecule has 10 heteroatoms. The van der Waals surface area contributed by atoms with Gasteiger partial charge in [-0.1, -0.05) is 41.7 Å². The van der Waals surface area contributed by atoms with E-state index in [9.17, 15) is 23.5 Å². The van der Waals surface area contributed by atoms with Crippen LogP contribution in [0, 0.1) is 6.92 Å². The van der Waals surface area contributed by atoms with Gasteiger partial charge >= 0.3 is 5.97 Å². The molecule has 1 aromatic heterocycles. The van der Waals surface area contributed by atoms with Crippen LogP contribution in [0.15, 0.2) is 48.5 Å². The van der Waals surface area contributed by atoms with Crippen LogP contribution in [-0.2, 0) is 28.9 Å². The summed E-state index contributed by atoms with van der Waals surface area (Å²) >= 11 is -1.26. The molecule has 0 saturated heterocycles.